The molecular formula is C22H27N7OS. The fourth-order valence-corrected chi connectivity index (χ4v) is 5.85. The molecule has 6 rings (SSSR count). The summed E-state index contributed by atoms with van der Waals surface area (Å²) in [5, 5.41) is 9.30. The fraction of sp³-hybridized carbons (Fsp3) is 0.500. The second kappa shape index (κ2) is 7.29. The number of nitrogens with zero attached hydrogens (tertiary/aromatic N) is 7. The van der Waals surface area contributed by atoms with Crippen molar-refractivity contribution in [2.24, 2.45) is 0 Å². The number of rotatable bonds is 4. The maximum absolute atomic E-state index is 5.40. The number of thiazole rings is 1. The van der Waals surface area contributed by atoms with Gasteiger partial charge in [0.05, 0.1) is 42.9 Å². The predicted octanol–water partition coefficient (Wildman–Crippen LogP) is 3.16. The lowest BCUT2D eigenvalue weighted by molar-refractivity contribution is -0.0691. The Labute approximate surface area is 185 Å². The molecule has 0 bridgehead atoms. The lowest BCUT2D eigenvalue weighted by Crippen LogP contribution is -2.59. The van der Waals surface area contributed by atoms with Crippen molar-refractivity contribution in [1.29, 1.82) is 0 Å². The summed E-state index contributed by atoms with van der Waals surface area (Å²) in [7, 11) is 0. The minimum Gasteiger partial charge on any atom is -0.378 e. The molecule has 8 nitrogen and oxygen atoms in total. The molecule has 1 atom stereocenters. The zero-order chi connectivity index (χ0) is 21.1. The number of fused-ring (bicyclic) bond motifs is 2. The molecular weight excluding hydrogens is 410 g/mol. The van der Waals surface area contributed by atoms with Gasteiger partial charge >= 0.3 is 0 Å². The highest BCUT2D eigenvalue weighted by atomic mass is 32.1. The van der Waals surface area contributed by atoms with Gasteiger partial charge in [-0.15, -0.1) is 5.10 Å². The first-order valence-electron chi connectivity index (χ1n) is 11.0. The van der Waals surface area contributed by atoms with Crippen molar-refractivity contribution in [2.75, 3.05) is 37.7 Å². The van der Waals surface area contributed by atoms with Crippen LogP contribution in [0.2, 0.25) is 0 Å². The third-order valence-electron chi connectivity index (χ3n) is 6.58. The van der Waals surface area contributed by atoms with Gasteiger partial charge in [0.25, 0.3) is 0 Å². The summed E-state index contributed by atoms with van der Waals surface area (Å²) < 4.78 is 9.48. The van der Waals surface area contributed by atoms with Gasteiger partial charge in [0.2, 0.25) is 0 Å². The molecule has 1 unspecified atom stereocenters. The Morgan fingerprint density at radius 1 is 1.16 bits per heavy atom. The van der Waals surface area contributed by atoms with E-state index in [1.807, 2.05) is 10.7 Å². The summed E-state index contributed by atoms with van der Waals surface area (Å²) >= 11 is 1.79. The average Bonchev–Trinajstić information content (AvgIpc) is 3.40. The van der Waals surface area contributed by atoms with E-state index in [1.165, 1.54) is 10.4 Å². The number of hydrogen-bond acceptors (Lipinski definition) is 7. The molecule has 31 heavy (non-hydrogen) atoms. The van der Waals surface area contributed by atoms with Crippen molar-refractivity contribution in [3.63, 3.8) is 0 Å². The van der Waals surface area contributed by atoms with Crippen molar-refractivity contribution in [2.45, 2.75) is 38.8 Å². The van der Waals surface area contributed by atoms with E-state index in [2.05, 4.69) is 63.8 Å². The number of hydrogen-bond donors (Lipinski definition) is 0. The van der Waals surface area contributed by atoms with Crippen LogP contribution in [0.5, 0.6) is 0 Å². The third-order valence-corrected chi connectivity index (χ3v) is 7.67. The average molecular weight is 438 g/mol. The van der Waals surface area contributed by atoms with Gasteiger partial charge in [0.1, 0.15) is 10.3 Å². The topological polar surface area (TPSA) is 63.7 Å². The minimum atomic E-state index is 0.404. The van der Waals surface area contributed by atoms with E-state index in [9.17, 15) is 0 Å². The maximum atomic E-state index is 5.40. The Bertz CT molecular complexity index is 1240. The largest absolute Gasteiger partial charge is 0.378 e. The van der Waals surface area contributed by atoms with E-state index >= 15 is 0 Å². The second-order valence-corrected chi connectivity index (χ2v) is 9.93. The Balaban J connectivity index is 1.38. The van der Waals surface area contributed by atoms with Crippen molar-refractivity contribution in [1.82, 2.24) is 29.3 Å². The first-order valence-corrected chi connectivity index (χ1v) is 11.8. The van der Waals surface area contributed by atoms with Crippen molar-refractivity contribution < 1.29 is 4.74 Å². The van der Waals surface area contributed by atoms with E-state index in [0.717, 1.165) is 54.7 Å². The molecule has 0 spiro atoms. The monoisotopic (exact) mass is 437 g/mol. The molecule has 2 fully saturated rings. The van der Waals surface area contributed by atoms with E-state index < -0.39 is 0 Å². The highest BCUT2D eigenvalue weighted by Gasteiger charge is 2.33. The molecule has 4 aromatic rings. The Morgan fingerprint density at radius 3 is 2.77 bits per heavy atom. The van der Waals surface area contributed by atoms with E-state index in [4.69, 9.17) is 9.72 Å². The van der Waals surface area contributed by atoms with Gasteiger partial charge in [-0.3, -0.25) is 4.90 Å². The molecule has 0 amide bonds. The van der Waals surface area contributed by atoms with E-state index in [0.29, 0.717) is 18.0 Å². The Morgan fingerprint density at radius 2 is 2.03 bits per heavy atom. The van der Waals surface area contributed by atoms with Crippen LogP contribution in [0.3, 0.4) is 0 Å². The van der Waals surface area contributed by atoms with Gasteiger partial charge < -0.3 is 14.2 Å². The van der Waals surface area contributed by atoms with Crippen LogP contribution >= 0.6 is 11.3 Å². The van der Waals surface area contributed by atoms with Crippen LogP contribution in [0.25, 0.3) is 21.6 Å². The SMILES string of the molecule is CC(C)c1cn(-c2ccc3cnnn3c2)c2sc(N3CCN(C4COC4)CC3C)nc12. The normalized spacial score (nSPS) is 20.9. The predicted molar refractivity (Wildman–Crippen MR) is 123 cm³/mol. The number of pyridine rings is 1. The van der Waals surface area contributed by atoms with Gasteiger partial charge in [-0.2, -0.15) is 0 Å². The summed E-state index contributed by atoms with van der Waals surface area (Å²) in [4.78, 5) is 11.4. The Hall–Kier alpha value is -2.49. The lowest BCUT2D eigenvalue weighted by atomic mass is 10.1. The van der Waals surface area contributed by atoms with Crippen LogP contribution in [-0.4, -0.2) is 74.2 Å². The lowest BCUT2D eigenvalue weighted by Gasteiger charge is -2.45. The maximum Gasteiger partial charge on any atom is 0.188 e. The molecule has 6 heterocycles. The number of ether oxygens (including phenoxy) is 1. The molecule has 0 saturated carbocycles. The summed E-state index contributed by atoms with van der Waals surface area (Å²) in [6.45, 7) is 11.7. The summed E-state index contributed by atoms with van der Waals surface area (Å²) in [6, 6.07) is 5.23. The van der Waals surface area contributed by atoms with Gasteiger partial charge in [0.15, 0.2) is 5.13 Å². The quantitative estimate of drug-likeness (QED) is 0.489. The number of piperazine rings is 1. The van der Waals surface area contributed by atoms with Crippen LogP contribution in [0.1, 0.15) is 32.3 Å². The van der Waals surface area contributed by atoms with Crippen molar-refractivity contribution in [3.05, 3.63) is 36.3 Å². The van der Waals surface area contributed by atoms with E-state index in [-0.39, 0.29) is 0 Å². The molecule has 9 heteroatoms. The van der Waals surface area contributed by atoms with Gasteiger partial charge in [-0.05, 0) is 25.0 Å². The molecule has 2 aliphatic rings. The van der Waals surface area contributed by atoms with Gasteiger partial charge in [0, 0.05) is 37.4 Å². The standard InChI is InChI=1S/C22H27N7OS/c1-14(2)19-11-28(17-5-4-16-8-23-25-29(16)10-17)21-20(19)24-22(31-21)27-7-6-26(9-15(27)3)18-12-30-13-18/h4-5,8,10-11,14-15,18H,6-7,9,12-13H2,1-3H3. The van der Waals surface area contributed by atoms with Crippen LogP contribution in [-0.2, 0) is 4.74 Å². The first kappa shape index (κ1) is 19.2. The zero-order valence-electron chi connectivity index (χ0n) is 18.1. The molecule has 0 aliphatic carbocycles. The van der Waals surface area contributed by atoms with Gasteiger partial charge in [-0.25, -0.2) is 9.50 Å². The molecule has 0 aromatic carbocycles. The minimum absolute atomic E-state index is 0.404. The molecule has 0 radical (unpaired) electrons. The number of anilines is 1. The zero-order valence-corrected chi connectivity index (χ0v) is 18.9. The summed E-state index contributed by atoms with van der Waals surface area (Å²) in [5.74, 6) is 0.404. The first-order chi connectivity index (χ1) is 15.1. The summed E-state index contributed by atoms with van der Waals surface area (Å²) in [6.07, 6.45) is 6.04. The second-order valence-electron chi connectivity index (χ2n) is 8.98. The summed E-state index contributed by atoms with van der Waals surface area (Å²) in [5.41, 5.74) is 4.47. The highest BCUT2D eigenvalue weighted by Crippen LogP contribution is 2.38. The Kier molecular flexibility index (Phi) is 4.52. The van der Waals surface area contributed by atoms with Crippen LogP contribution in [0.15, 0.2) is 30.7 Å². The van der Waals surface area contributed by atoms with Crippen molar-refractivity contribution >= 4 is 32.3 Å². The third kappa shape index (κ3) is 3.14. The van der Waals surface area contributed by atoms with Crippen LogP contribution in [0, 0.1) is 0 Å². The van der Waals surface area contributed by atoms with Crippen molar-refractivity contribution in [3.8, 4) is 5.69 Å². The molecule has 0 N–H and O–H groups in total. The number of aromatic nitrogens is 5. The fourth-order valence-electron chi connectivity index (χ4n) is 4.64. The molecule has 2 saturated heterocycles. The van der Waals surface area contributed by atoms with Gasteiger partial charge in [-0.1, -0.05) is 30.4 Å². The highest BCUT2D eigenvalue weighted by molar-refractivity contribution is 7.22. The molecule has 4 aromatic heterocycles. The molecule has 162 valence electrons. The molecule has 2 aliphatic heterocycles. The smallest absolute Gasteiger partial charge is 0.188 e. The van der Waals surface area contributed by atoms with E-state index in [1.54, 1.807) is 17.5 Å². The van der Waals surface area contributed by atoms with Crippen LogP contribution in [0.4, 0.5) is 5.13 Å². The van der Waals surface area contributed by atoms with Crippen LogP contribution < -0.4 is 4.90 Å².